The average Bonchev–Trinajstić information content (AvgIpc) is 2.18. The fourth-order valence-corrected chi connectivity index (χ4v) is 0.457. The molecule has 60 valence electrons. The summed E-state index contributed by atoms with van der Waals surface area (Å²) < 4.78 is 0. The van der Waals surface area contributed by atoms with Gasteiger partial charge < -0.3 is 0 Å². The SMILES string of the molecule is C=C=CN=C=O.c1ccccc1. The summed E-state index contributed by atoms with van der Waals surface area (Å²) in [7, 11) is 0. The van der Waals surface area contributed by atoms with Crippen molar-refractivity contribution in [2.24, 2.45) is 4.99 Å². The molecule has 12 heavy (non-hydrogen) atoms. The van der Waals surface area contributed by atoms with Gasteiger partial charge >= 0.3 is 0 Å². The van der Waals surface area contributed by atoms with Gasteiger partial charge in [-0.2, -0.15) is 4.99 Å². The van der Waals surface area contributed by atoms with E-state index < -0.39 is 0 Å². The standard InChI is InChI=1S/C6H6.C4H3NO/c1-2-4-6-5-3-1;1-2-3-5-4-6/h1-6H;3H,1H2. The number of hydrogen-bond donors (Lipinski definition) is 0. The molecule has 0 atom stereocenters. The van der Waals surface area contributed by atoms with Gasteiger partial charge in [-0.05, 0) is 0 Å². The second-order valence-corrected chi connectivity index (χ2v) is 1.71. The number of benzene rings is 1. The van der Waals surface area contributed by atoms with Gasteiger partial charge in [0.15, 0.2) is 0 Å². The van der Waals surface area contributed by atoms with E-state index in [0.29, 0.717) is 0 Å². The molecule has 0 fully saturated rings. The highest BCUT2D eigenvalue weighted by atomic mass is 16.1. The van der Waals surface area contributed by atoms with Crippen LogP contribution < -0.4 is 0 Å². The van der Waals surface area contributed by atoms with Crippen molar-refractivity contribution in [2.45, 2.75) is 0 Å². The van der Waals surface area contributed by atoms with Gasteiger partial charge in [0.2, 0.25) is 6.08 Å². The van der Waals surface area contributed by atoms with E-state index in [0.717, 1.165) is 6.20 Å². The van der Waals surface area contributed by atoms with Crippen molar-refractivity contribution >= 4 is 6.08 Å². The predicted molar refractivity (Wildman–Crippen MR) is 48.3 cm³/mol. The van der Waals surface area contributed by atoms with Crippen LogP contribution in [0.3, 0.4) is 0 Å². The van der Waals surface area contributed by atoms with Crippen molar-refractivity contribution in [3.05, 3.63) is 54.9 Å². The molecule has 0 unspecified atom stereocenters. The number of aliphatic imine (C=N–C) groups is 1. The third kappa shape index (κ3) is 8.12. The highest BCUT2D eigenvalue weighted by molar-refractivity contribution is 5.34. The van der Waals surface area contributed by atoms with Crippen LogP contribution in [0.2, 0.25) is 0 Å². The van der Waals surface area contributed by atoms with Crippen LogP contribution in [0.1, 0.15) is 0 Å². The number of isocyanates is 1. The first-order valence-electron chi connectivity index (χ1n) is 3.33. The van der Waals surface area contributed by atoms with E-state index in [2.05, 4.69) is 17.3 Å². The maximum absolute atomic E-state index is 9.17. The van der Waals surface area contributed by atoms with Gasteiger partial charge in [0.25, 0.3) is 0 Å². The summed E-state index contributed by atoms with van der Waals surface area (Å²) in [4.78, 5) is 12.2. The molecule has 0 saturated carbocycles. The maximum Gasteiger partial charge on any atom is 0.240 e. The Hall–Kier alpha value is -1.88. The second-order valence-electron chi connectivity index (χ2n) is 1.71. The molecule has 1 rings (SSSR count). The molecular weight excluding hydrogens is 150 g/mol. The Kier molecular flexibility index (Phi) is 7.69. The van der Waals surface area contributed by atoms with Crippen LogP contribution in [0.25, 0.3) is 0 Å². The topological polar surface area (TPSA) is 29.4 Å². The number of carbonyl (C=O) groups excluding carboxylic acids is 1. The minimum absolute atomic E-state index is 1.15. The molecule has 2 nitrogen and oxygen atoms in total. The molecule has 0 spiro atoms. The summed E-state index contributed by atoms with van der Waals surface area (Å²) in [5.41, 5.74) is 2.26. The van der Waals surface area contributed by atoms with E-state index in [1.54, 1.807) is 0 Å². The van der Waals surface area contributed by atoms with E-state index in [9.17, 15) is 4.79 Å². The highest BCUT2D eigenvalue weighted by Gasteiger charge is 1.57. The lowest BCUT2D eigenvalue weighted by Gasteiger charge is -1.69. The van der Waals surface area contributed by atoms with Crippen molar-refractivity contribution in [1.82, 2.24) is 0 Å². The van der Waals surface area contributed by atoms with E-state index in [1.165, 1.54) is 6.08 Å². The van der Waals surface area contributed by atoms with Crippen LogP contribution in [0.15, 0.2) is 59.9 Å². The largest absolute Gasteiger partial charge is 0.240 e. The molecule has 0 aromatic heterocycles. The second kappa shape index (κ2) is 9.12. The first kappa shape index (κ1) is 10.1. The zero-order valence-corrected chi connectivity index (χ0v) is 6.60. The third-order valence-electron chi connectivity index (χ3n) is 0.875. The van der Waals surface area contributed by atoms with Gasteiger partial charge in [0.05, 0.1) is 6.20 Å². The Bertz CT molecular complexity index is 237. The van der Waals surface area contributed by atoms with Crippen LogP contribution in [0, 0.1) is 0 Å². The fraction of sp³-hybridized carbons (Fsp3) is 0. The number of rotatable bonds is 1. The molecule has 0 heterocycles. The Morgan fingerprint density at radius 3 is 1.67 bits per heavy atom. The summed E-state index contributed by atoms with van der Waals surface area (Å²) >= 11 is 0. The summed E-state index contributed by atoms with van der Waals surface area (Å²) in [6.07, 6.45) is 2.43. The van der Waals surface area contributed by atoms with E-state index in [-0.39, 0.29) is 0 Å². The number of hydrogen-bond acceptors (Lipinski definition) is 2. The van der Waals surface area contributed by atoms with Crippen LogP contribution in [0.5, 0.6) is 0 Å². The van der Waals surface area contributed by atoms with Gasteiger partial charge in [-0.3, -0.25) is 0 Å². The van der Waals surface area contributed by atoms with Crippen LogP contribution in [-0.4, -0.2) is 6.08 Å². The highest BCUT2D eigenvalue weighted by Crippen LogP contribution is 1.79. The Balaban J connectivity index is 0.000000202. The van der Waals surface area contributed by atoms with Gasteiger partial charge in [0.1, 0.15) is 0 Å². The Morgan fingerprint density at radius 1 is 1.08 bits per heavy atom. The fourth-order valence-electron chi connectivity index (χ4n) is 0.457. The smallest absolute Gasteiger partial charge is 0.211 e. The molecule has 0 N–H and O–H groups in total. The van der Waals surface area contributed by atoms with E-state index in [4.69, 9.17) is 0 Å². The molecule has 1 aromatic rings. The number of nitrogens with zero attached hydrogens (tertiary/aromatic N) is 1. The van der Waals surface area contributed by atoms with Crippen molar-refractivity contribution in [3.63, 3.8) is 0 Å². The monoisotopic (exact) mass is 159 g/mol. The molecule has 0 aliphatic rings. The molecule has 0 aliphatic heterocycles. The minimum Gasteiger partial charge on any atom is -0.211 e. The first-order valence-corrected chi connectivity index (χ1v) is 3.33. The third-order valence-corrected chi connectivity index (χ3v) is 0.875. The predicted octanol–water partition coefficient (Wildman–Crippen LogP) is 2.31. The van der Waals surface area contributed by atoms with E-state index >= 15 is 0 Å². The van der Waals surface area contributed by atoms with Gasteiger partial charge in [-0.1, -0.05) is 43.0 Å². The lowest BCUT2D eigenvalue weighted by Crippen LogP contribution is -1.47. The van der Waals surface area contributed by atoms with Crippen molar-refractivity contribution < 1.29 is 4.79 Å². The quantitative estimate of drug-likeness (QED) is 0.351. The summed E-state index contributed by atoms with van der Waals surface area (Å²) in [5.74, 6) is 0. The molecule has 1 aromatic carbocycles. The lowest BCUT2D eigenvalue weighted by molar-refractivity contribution is 0.565. The zero-order valence-electron chi connectivity index (χ0n) is 6.60. The van der Waals surface area contributed by atoms with Crippen molar-refractivity contribution in [2.75, 3.05) is 0 Å². The Labute approximate surface area is 71.6 Å². The average molecular weight is 159 g/mol. The lowest BCUT2D eigenvalue weighted by atomic mass is 10.4. The summed E-state index contributed by atoms with van der Waals surface area (Å²) in [6.45, 7) is 3.14. The van der Waals surface area contributed by atoms with Gasteiger partial charge in [-0.15, -0.1) is 5.73 Å². The Morgan fingerprint density at radius 2 is 1.50 bits per heavy atom. The molecule has 0 aliphatic carbocycles. The molecule has 0 radical (unpaired) electrons. The van der Waals surface area contributed by atoms with Gasteiger partial charge in [-0.25, -0.2) is 4.79 Å². The van der Waals surface area contributed by atoms with Gasteiger partial charge in [0, 0.05) is 0 Å². The molecule has 2 heteroatoms. The van der Waals surface area contributed by atoms with E-state index in [1.807, 2.05) is 36.4 Å². The maximum atomic E-state index is 9.17. The minimum atomic E-state index is 1.15. The normalized spacial score (nSPS) is 6.33. The molecular formula is C10H9NO. The first-order chi connectivity index (χ1) is 5.91. The van der Waals surface area contributed by atoms with Crippen LogP contribution in [-0.2, 0) is 4.79 Å². The van der Waals surface area contributed by atoms with Crippen molar-refractivity contribution in [1.29, 1.82) is 0 Å². The zero-order chi connectivity index (χ0) is 9.07. The summed E-state index contributed by atoms with van der Waals surface area (Å²) in [5, 5.41) is 0. The van der Waals surface area contributed by atoms with Crippen LogP contribution >= 0.6 is 0 Å². The summed E-state index contributed by atoms with van der Waals surface area (Å²) in [6, 6.07) is 12.0. The van der Waals surface area contributed by atoms with Crippen LogP contribution in [0.4, 0.5) is 0 Å². The molecule has 0 amide bonds. The molecule has 0 bridgehead atoms. The molecule has 0 saturated heterocycles. The van der Waals surface area contributed by atoms with Crippen molar-refractivity contribution in [3.8, 4) is 0 Å².